The van der Waals surface area contributed by atoms with Gasteiger partial charge in [0.15, 0.2) is 5.71 Å². The molecule has 1 aliphatic carbocycles. The van der Waals surface area contributed by atoms with Crippen LogP contribution in [0.4, 0.5) is 11.4 Å². The fourth-order valence-electron chi connectivity index (χ4n) is 13.9. The Morgan fingerprint density at radius 2 is 1.20 bits per heavy atom. The number of aliphatic hydroxyl groups is 1. The monoisotopic (exact) mass is 1620 g/mol. The smallest absolute Gasteiger partial charge is 0.326 e. The van der Waals surface area contributed by atoms with Crippen LogP contribution in [0.2, 0.25) is 0 Å². The number of rotatable bonds is 42. The number of aliphatic hydroxyl groups excluding tert-OH is 1. The van der Waals surface area contributed by atoms with Crippen molar-refractivity contribution < 1.29 is 83.9 Å². The number of unbranched alkanes of at least 4 members (excludes halogenated alkanes) is 3. The Morgan fingerprint density at radius 3 is 1.84 bits per heavy atom. The number of anilines is 1. The van der Waals surface area contributed by atoms with Crippen molar-refractivity contribution >= 4 is 102 Å². The Balaban J connectivity index is 0.968. The van der Waals surface area contributed by atoms with Crippen molar-refractivity contribution in [2.45, 2.75) is 193 Å². The third-order valence-corrected chi connectivity index (χ3v) is 23.8. The summed E-state index contributed by atoms with van der Waals surface area (Å²) in [5.41, 5.74) is 5.97. The van der Waals surface area contributed by atoms with Gasteiger partial charge >= 0.3 is 5.97 Å². The van der Waals surface area contributed by atoms with Crippen LogP contribution in [0.1, 0.15) is 174 Å². The predicted octanol–water partition coefficient (Wildman–Crippen LogP) is 7.73. The average Bonchev–Trinajstić information content (AvgIpc) is 1.60. The summed E-state index contributed by atoms with van der Waals surface area (Å²) in [5, 5.41) is 40.4. The van der Waals surface area contributed by atoms with Crippen LogP contribution in [0, 0.1) is 16.7 Å². The molecule has 4 aromatic rings. The molecular weight excluding hydrogens is 1510 g/mol. The molecule has 27 nitrogen and oxygen atoms in total. The van der Waals surface area contributed by atoms with Gasteiger partial charge in [-0.3, -0.25) is 38.4 Å². The van der Waals surface area contributed by atoms with Crippen LogP contribution in [0.3, 0.4) is 0 Å². The molecule has 0 radical (unpaired) electrons. The number of nitrogens with one attached hydrogen (secondary N) is 8. The number of carbonyl (C=O) groups is 9. The predicted molar refractivity (Wildman–Crippen MR) is 433 cm³/mol. The summed E-state index contributed by atoms with van der Waals surface area (Å²) >= 11 is 1.57. The molecule has 113 heavy (non-hydrogen) atoms. The van der Waals surface area contributed by atoms with Crippen molar-refractivity contribution in [2.75, 3.05) is 62.2 Å². The van der Waals surface area contributed by atoms with E-state index in [0.717, 1.165) is 74.1 Å². The van der Waals surface area contributed by atoms with Crippen molar-refractivity contribution in [1.82, 2.24) is 42.5 Å². The second-order valence-electron chi connectivity index (χ2n) is 31.5. The minimum atomic E-state index is -4.39. The molecule has 4 aromatic carbocycles. The van der Waals surface area contributed by atoms with Gasteiger partial charge in [0.25, 0.3) is 5.91 Å². The average molecular weight is 1620 g/mol. The zero-order valence-electron chi connectivity index (χ0n) is 66.5. The highest BCUT2D eigenvalue weighted by Crippen LogP contribution is 2.49. The SMILES string of the molecule is CC(C)CC(NC(=O)C(Cc1ccccc1)NC(=O)CNC(=O)CNC(=O)C(C)(C)C(C)(C)C(=O)NCC(C)O)C(=O)NCC(=O)NC(CCCCNC(=O)c1ccc(SC2=C(/C=C/C3=[N+](CCCCS(=O)(=O)[O-])c4ccccc4C3(C)C)CCC/C2=C\C=C2/N(CCCCS(=O)(=O)[O-])c3ccccc3C2(C)C)cc1)C(=O)O. The minimum absolute atomic E-state index is 0.0225. The molecule has 4 atom stereocenters. The number of amides is 8. The van der Waals surface area contributed by atoms with Gasteiger partial charge in [-0.1, -0.05) is 146 Å². The highest BCUT2D eigenvalue weighted by atomic mass is 32.2. The lowest BCUT2D eigenvalue weighted by atomic mass is 9.66. The van der Waals surface area contributed by atoms with E-state index < -0.39 is 145 Å². The number of benzene rings is 4. The largest absolute Gasteiger partial charge is 0.748 e. The van der Waals surface area contributed by atoms with Gasteiger partial charge in [-0.05, 0) is 150 Å². The van der Waals surface area contributed by atoms with Crippen LogP contribution < -0.4 is 47.4 Å². The highest BCUT2D eigenvalue weighted by Gasteiger charge is 2.49. The lowest BCUT2D eigenvalue weighted by Crippen LogP contribution is -2.57. The van der Waals surface area contributed by atoms with E-state index in [1.165, 1.54) is 20.8 Å². The van der Waals surface area contributed by atoms with E-state index >= 15 is 0 Å². The molecule has 0 fully saturated rings. The third-order valence-electron chi connectivity index (χ3n) is 21.0. The molecule has 4 unspecified atom stereocenters. The first-order valence-corrected chi connectivity index (χ1v) is 42.4. The molecule has 8 amide bonds. The number of para-hydroxylation sites is 2. The van der Waals surface area contributed by atoms with E-state index in [9.17, 15) is 79.3 Å². The first kappa shape index (κ1) is 90.9. The van der Waals surface area contributed by atoms with E-state index in [4.69, 9.17) is 0 Å². The normalized spacial score (nSPS) is 16.6. The lowest BCUT2D eigenvalue weighted by molar-refractivity contribution is -0.438. The van der Waals surface area contributed by atoms with Crippen molar-refractivity contribution in [2.24, 2.45) is 16.7 Å². The summed E-state index contributed by atoms with van der Waals surface area (Å²) < 4.78 is 71.8. The van der Waals surface area contributed by atoms with E-state index in [1.54, 1.807) is 81.9 Å². The Morgan fingerprint density at radius 1 is 0.611 bits per heavy atom. The number of carbonyl (C=O) groups excluding carboxylic acids is 8. The van der Waals surface area contributed by atoms with Crippen LogP contribution in [0.5, 0.6) is 0 Å². The Labute approximate surface area is 668 Å². The third kappa shape index (κ3) is 26.1. The van der Waals surface area contributed by atoms with Crippen molar-refractivity contribution in [3.05, 3.63) is 171 Å². The van der Waals surface area contributed by atoms with Gasteiger partial charge in [-0.25, -0.2) is 21.6 Å². The molecule has 0 saturated heterocycles. The van der Waals surface area contributed by atoms with Gasteiger partial charge in [-0.2, -0.15) is 4.58 Å². The van der Waals surface area contributed by atoms with E-state index in [1.807, 2.05) is 36.4 Å². The van der Waals surface area contributed by atoms with Crippen molar-refractivity contribution in [1.29, 1.82) is 0 Å². The first-order chi connectivity index (χ1) is 53.1. The molecule has 0 spiro atoms. The van der Waals surface area contributed by atoms with Gasteiger partial charge < -0.3 is 66.8 Å². The van der Waals surface area contributed by atoms with Crippen molar-refractivity contribution in [3.63, 3.8) is 0 Å². The maximum atomic E-state index is 14.1. The molecule has 3 aliphatic rings. The van der Waals surface area contributed by atoms with E-state index in [0.29, 0.717) is 43.5 Å². The molecular formula is C83H111N10O17S3-. The number of hydrogen-bond acceptors (Lipinski definition) is 18. The van der Waals surface area contributed by atoms with E-state index in [-0.39, 0.29) is 63.4 Å². The van der Waals surface area contributed by atoms with Crippen LogP contribution in [-0.4, -0.2) is 181 Å². The summed E-state index contributed by atoms with van der Waals surface area (Å²) in [5.74, 6) is -7.75. The quantitative estimate of drug-likeness (QED) is 0.0115. The number of aliphatic carboxylic acids is 1. The van der Waals surface area contributed by atoms with Crippen LogP contribution >= 0.6 is 11.8 Å². The van der Waals surface area contributed by atoms with Gasteiger partial charge in [-0.15, -0.1) is 0 Å². The number of carboxylic acids is 1. The maximum Gasteiger partial charge on any atom is 0.326 e. The van der Waals surface area contributed by atoms with Crippen LogP contribution in [0.25, 0.3) is 0 Å². The maximum absolute atomic E-state index is 14.1. The second kappa shape index (κ2) is 40.6. The lowest BCUT2D eigenvalue weighted by Gasteiger charge is -2.38. The topological polar surface area (TPSA) is 411 Å². The number of hydrogen-bond donors (Lipinski definition) is 10. The van der Waals surface area contributed by atoms with Gasteiger partial charge in [0, 0.05) is 93.9 Å². The molecule has 614 valence electrons. The number of nitrogens with zero attached hydrogens (tertiary/aromatic N) is 2. The Hall–Kier alpha value is -9.33. The van der Waals surface area contributed by atoms with Gasteiger partial charge in [0.2, 0.25) is 47.0 Å². The van der Waals surface area contributed by atoms with Gasteiger partial charge in [0.05, 0.1) is 62.2 Å². The molecule has 0 aromatic heterocycles. The molecule has 0 bridgehead atoms. The summed E-state index contributed by atoms with van der Waals surface area (Å²) in [6, 6.07) is 28.3. The second-order valence-corrected chi connectivity index (χ2v) is 35.6. The zero-order valence-corrected chi connectivity index (χ0v) is 68.9. The molecule has 2 heterocycles. The summed E-state index contributed by atoms with van der Waals surface area (Å²) in [6.07, 6.45) is 12.2. The first-order valence-electron chi connectivity index (χ1n) is 38.4. The number of fused-ring (bicyclic) bond motifs is 2. The molecule has 0 saturated carbocycles. The number of allylic oxidation sites excluding steroid dienone is 7. The molecule has 10 N–H and O–H groups in total. The number of carboxylic acid groups (broad SMARTS) is 1. The number of thioether (sulfide) groups is 1. The fourth-order valence-corrected chi connectivity index (χ4v) is 16.1. The standard InChI is InChI=1S/C83H112N10O17S3/c1-54(2)48-64(91-76(100)65(49-56-26-13-12-14-27-56)90-71(96)52-85-70(95)51-88-79(104)83(10,11)82(8,9)78(103)87-50-55(3)94)75(99)86-53-72(97)89-63(77(101)102)32-19-20-43-84-74(98)59-35-39-60(40-36-59)111-73-57(37-41-68-80(4,5)61-30-15-17-33-66(61)92(68)44-21-23-46-112(105,106)107)28-25-29-58(73)38-42-69-81(6,7)62-31-16-18-34-67(62)93(69)45-22-24-47-113(108,109)110/h12-18,26-27,30-31,33-42,54-55,63-65,94H,19-25,28-29,32,43-53H2,1-11H3,(H10-,84,85,86,87,88,89,90,91,95,96,97,98,99,100,101,102,103,104,105,106,107,108,109,110)/p-1. The zero-order chi connectivity index (χ0) is 83.2. The highest BCUT2D eigenvalue weighted by molar-refractivity contribution is 8.03. The van der Waals surface area contributed by atoms with Crippen molar-refractivity contribution in [3.8, 4) is 0 Å². The van der Waals surface area contributed by atoms with Gasteiger partial charge in [0.1, 0.15) is 24.7 Å². The Bertz CT molecular complexity index is 4510. The molecule has 2 aliphatic heterocycles. The minimum Gasteiger partial charge on any atom is -0.748 e. The Kier molecular flexibility index (Phi) is 32.6. The fraction of sp³-hybridized carbons (Fsp3) is 0.494. The van der Waals surface area contributed by atoms with Crippen LogP contribution in [0.15, 0.2) is 154 Å². The molecule has 30 heteroatoms. The summed E-state index contributed by atoms with van der Waals surface area (Å²) in [4.78, 5) is 124. The van der Waals surface area contributed by atoms with Crippen LogP contribution in [-0.2, 0) is 75.8 Å². The summed E-state index contributed by atoms with van der Waals surface area (Å²) in [6.45, 7) is 19.3. The van der Waals surface area contributed by atoms with E-state index in [2.05, 4.69) is 128 Å². The molecule has 7 rings (SSSR count). The summed E-state index contributed by atoms with van der Waals surface area (Å²) in [7, 11) is -8.77.